The van der Waals surface area contributed by atoms with Crippen LogP contribution in [0.25, 0.3) is 0 Å². The molecule has 2 unspecified atom stereocenters. The van der Waals surface area contributed by atoms with Crippen LogP contribution >= 0.6 is 0 Å². The zero-order valence-electron chi connectivity index (χ0n) is 15.1. The molecule has 0 fully saturated rings. The van der Waals surface area contributed by atoms with Crippen molar-refractivity contribution in [2.75, 3.05) is 12.9 Å². The fraction of sp³-hybridized carbons (Fsp3) is 0.278. The van der Waals surface area contributed by atoms with Crippen molar-refractivity contribution in [1.82, 2.24) is 5.32 Å². The number of aliphatic hydroxyl groups excluding tert-OH is 1. The van der Waals surface area contributed by atoms with E-state index in [0.29, 0.717) is 5.56 Å². The van der Waals surface area contributed by atoms with Crippen molar-refractivity contribution in [3.8, 4) is 0 Å². The summed E-state index contributed by atoms with van der Waals surface area (Å²) < 4.78 is 36.4. The Bertz CT molecular complexity index is 920. The van der Waals surface area contributed by atoms with Gasteiger partial charge in [-0.25, -0.2) is 12.8 Å². The lowest BCUT2D eigenvalue weighted by Crippen LogP contribution is -2.41. The first-order valence-corrected chi connectivity index (χ1v) is 10.3. The zero-order chi connectivity index (χ0) is 20.9. The van der Waals surface area contributed by atoms with Gasteiger partial charge >= 0.3 is 7.12 Å². The third kappa shape index (κ3) is 5.87. The summed E-state index contributed by atoms with van der Waals surface area (Å²) in [5.41, 5.74) is 0.979. The van der Waals surface area contributed by atoms with Crippen molar-refractivity contribution in [1.29, 1.82) is 0 Å². The summed E-state index contributed by atoms with van der Waals surface area (Å²) in [4.78, 5) is 12.3. The molecule has 4 N–H and O–H groups in total. The van der Waals surface area contributed by atoms with Crippen LogP contribution in [-0.4, -0.2) is 55.6 Å². The maximum atomic E-state index is 13.4. The molecule has 2 aromatic rings. The summed E-state index contributed by atoms with van der Waals surface area (Å²) in [6.45, 7) is -1.03. The predicted octanol–water partition coefficient (Wildman–Crippen LogP) is -0.500. The van der Waals surface area contributed by atoms with Crippen LogP contribution in [0.15, 0.2) is 53.4 Å². The number of carbonyl (C=O) groups is 1. The van der Waals surface area contributed by atoms with Crippen LogP contribution < -0.4 is 10.8 Å². The van der Waals surface area contributed by atoms with Crippen LogP contribution in [0.2, 0.25) is 0 Å². The maximum absolute atomic E-state index is 13.4. The second-order valence-corrected chi connectivity index (χ2v) is 8.43. The molecular formula is C18H21BFNO6S. The van der Waals surface area contributed by atoms with E-state index in [1.807, 2.05) is 0 Å². The molecule has 0 radical (unpaired) electrons. The molecule has 2 atom stereocenters. The highest BCUT2D eigenvalue weighted by Gasteiger charge is 2.23. The summed E-state index contributed by atoms with van der Waals surface area (Å²) in [6.07, 6.45) is -0.460. The van der Waals surface area contributed by atoms with E-state index in [2.05, 4.69) is 5.32 Å². The molecule has 2 rings (SSSR count). The fourth-order valence-corrected chi connectivity index (χ4v) is 3.28. The van der Waals surface area contributed by atoms with E-state index in [0.717, 1.165) is 6.26 Å². The van der Waals surface area contributed by atoms with Gasteiger partial charge in [0.15, 0.2) is 9.84 Å². The van der Waals surface area contributed by atoms with Crippen LogP contribution in [0.4, 0.5) is 4.39 Å². The molecule has 0 saturated heterocycles. The molecule has 0 spiro atoms. The number of amides is 1. The molecule has 0 aromatic heterocycles. The SMILES string of the molecule is CS(=O)(=O)c1ccc(C(O)C(CF)NC(=O)Cc2cccc(B(O)O)c2)cc1. The lowest BCUT2D eigenvalue weighted by atomic mass is 9.79. The van der Waals surface area contributed by atoms with E-state index in [1.165, 1.54) is 36.4 Å². The van der Waals surface area contributed by atoms with Gasteiger partial charge in [-0.05, 0) is 28.7 Å². The first-order chi connectivity index (χ1) is 13.1. The minimum atomic E-state index is -3.40. The van der Waals surface area contributed by atoms with Gasteiger partial charge in [-0.15, -0.1) is 0 Å². The van der Waals surface area contributed by atoms with E-state index in [4.69, 9.17) is 10.0 Å². The first-order valence-electron chi connectivity index (χ1n) is 8.40. The molecule has 0 aliphatic heterocycles. The molecule has 1 amide bonds. The van der Waals surface area contributed by atoms with Crippen molar-refractivity contribution >= 4 is 28.3 Å². The van der Waals surface area contributed by atoms with E-state index < -0.39 is 41.7 Å². The Labute approximate surface area is 162 Å². The summed E-state index contributed by atoms with van der Waals surface area (Å²) in [6, 6.07) is 10.2. The smallest absolute Gasteiger partial charge is 0.423 e. The summed E-state index contributed by atoms with van der Waals surface area (Å²) in [7, 11) is -5.06. The normalized spacial score (nSPS) is 13.6. The van der Waals surface area contributed by atoms with E-state index in [-0.39, 0.29) is 22.3 Å². The van der Waals surface area contributed by atoms with E-state index in [9.17, 15) is 22.7 Å². The molecule has 2 aromatic carbocycles. The van der Waals surface area contributed by atoms with Crippen molar-refractivity contribution in [2.24, 2.45) is 0 Å². The minimum Gasteiger partial charge on any atom is -0.423 e. The highest BCUT2D eigenvalue weighted by molar-refractivity contribution is 7.90. The molecule has 0 saturated carbocycles. The average Bonchev–Trinajstić information content (AvgIpc) is 2.65. The Kier molecular flexibility index (Phi) is 7.31. The number of benzene rings is 2. The van der Waals surface area contributed by atoms with E-state index in [1.54, 1.807) is 12.1 Å². The molecular weight excluding hydrogens is 388 g/mol. The van der Waals surface area contributed by atoms with Crippen LogP contribution in [0.5, 0.6) is 0 Å². The Morgan fingerprint density at radius 2 is 1.82 bits per heavy atom. The monoisotopic (exact) mass is 409 g/mol. The standard InChI is InChI=1S/C18H21BFNO6S/c1-28(26,27)15-7-5-13(6-8-15)18(23)16(11-20)21-17(22)10-12-3-2-4-14(9-12)19(24)25/h2-9,16,18,23-25H,10-11H2,1H3,(H,21,22). The van der Waals surface area contributed by atoms with Crippen LogP contribution in [0.3, 0.4) is 0 Å². The van der Waals surface area contributed by atoms with Gasteiger partial charge in [0.25, 0.3) is 0 Å². The zero-order valence-corrected chi connectivity index (χ0v) is 15.9. The summed E-state index contributed by atoms with van der Waals surface area (Å²) >= 11 is 0. The number of aliphatic hydroxyl groups is 1. The lowest BCUT2D eigenvalue weighted by Gasteiger charge is -2.22. The van der Waals surface area contributed by atoms with Gasteiger partial charge in [0.05, 0.1) is 17.4 Å². The third-order valence-electron chi connectivity index (χ3n) is 4.16. The average molecular weight is 409 g/mol. The predicted molar refractivity (Wildman–Crippen MR) is 102 cm³/mol. The van der Waals surface area contributed by atoms with Gasteiger partial charge in [-0.1, -0.05) is 36.4 Å². The van der Waals surface area contributed by atoms with Gasteiger partial charge in [0, 0.05) is 6.26 Å². The second-order valence-electron chi connectivity index (χ2n) is 6.41. The van der Waals surface area contributed by atoms with Crippen molar-refractivity contribution in [3.05, 3.63) is 59.7 Å². The Morgan fingerprint density at radius 1 is 1.18 bits per heavy atom. The number of halogens is 1. The van der Waals surface area contributed by atoms with Gasteiger partial charge in [0.2, 0.25) is 5.91 Å². The molecule has 7 nitrogen and oxygen atoms in total. The van der Waals surface area contributed by atoms with Crippen molar-refractivity contribution in [3.63, 3.8) is 0 Å². The molecule has 0 aliphatic rings. The largest absolute Gasteiger partial charge is 0.488 e. The molecule has 0 bridgehead atoms. The van der Waals surface area contributed by atoms with Gasteiger partial charge in [-0.3, -0.25) is 4.79 Å². The Morgan fingerprint density at radius 3 is 2.36 bits per heavy atom. The van der Waals surface area contributed by atoms with Gasteiger partial charge < -0.3 is 20.5 Å². The van der Waals surface area contributed by atoms with E-state index >= 15 is 0 Å². The number of hydrogen-bond donors (Lipinski definition) is 4. The summed E-state index contributed by atoms with van der Waals surface area (Å²) in [5, 5.41) is 31.1. The molecule has 150 valence electrons. The van der Waals surface area contributed by atoms with Crippen molar-refractivity contribution in [2.45, 2.75) is 23.5 Å². The highest BCUT2D eigenvalue weighted by Crippen LogP contribution is 2.20. The topological polar surface area (TPSA) is 124 Å². The quantitative estimate of drug-likeness (QED) is 0.436. The Hall–Kier alpha value is -2.27. The molecule has 28 heavy (non-hydrogen) atoms. The van der Waals surface area contributed by atoms with Gasteiger partial charge in [-0.2, -0.15) is 0 Å². The van der Waals surface area contributed by atoms with Crippen LogP contribution in [0, 0.1) is 0 Å². The second kappa shape index (κ2) is 9.29. The number of sulfone groups is 1. The first kappa shape index (κ1) is 22.0. The number of rotatable bonds is 8. The molecule has 0 aliphatic carbocycles. The number of carbonyl (C=O) groups excluding carboxylic acids is 1. The molecule has 10 heteroatoms. The van der Waals surface area contributed by atoms with Crippen LogP contribution in [-0.2, 0) is 21.1 Å². The summed E-state index contributed by atoms with van der Waals surface area (Å²) in [5.74, 6) is -0.556. The number of nitrogens with one attached hydrogen (secondary N) is 1. The molecule has 0 heterocycles. The van der Waals surface area contributed by atoms with Crippen LogP contribution in [0.1, 0.15) is 17.2 Å². The van der Waals surface area contributed by atoms with Crippen molar-refractivity contribution < 1.29 is 32.8 Å². The Balaban J connectivity index is 2.06. The van der Waals surface area contributed by atoms with Gasteiger partial charge in [0.1, 0.15) is 12.8 Å². The lowest BCUT2D eigenvalue weighted by molar-refractivity contribution is -0.122. The fourth-order valence-electron chi connectivity index (χ4n) is 2.65. The minimum absolute atomic E-state index is 0.0650. The maximum Gasteiger partial charge on any atom is 0.488 e. The number of alkyl halides is 1. The highest BCUT2D eigenvalue weighted by atomic mass is 32.2. The third-order valence-corrected chi connectivity index (χ3v) is 5.29. The number of hydrogen-bond acceptors (Lipinski definition) is 6.